The van der Waals surface area contributed by atoms with Crippen LogP contribution in [0.25, 0.3) is 11.8 Å². The quantitative estimate of drug-likeness (QED) is 0.492. The van der Waals surface area contributed by atoms with Gasteiger partial charge in [0.2, 0.25) is 0 Å². The minimum absolute atomic E-state index is 0.120. The lowest BCUT2D eigenvalue weighted by Crippen LogP contribution is -2.30. The molecule has 0 bridgehead atoms. The molecular weight excluding hydrogens is 321 g/mol. The van der Waals surface area contributed by atoms with Gasteiger partial charge in [-0.05, 0) is 53.5 Å². The highest BCUT2D eigenvalue weighted by molar-refractivity contribution is 5.93. The molecule has 1 aliphatic heterocycles. The summed E-state index contributed by atoms with van der Waals surface area (Å²) in [7, 11) is 0. The van der Waals surface area contributed by atoms with Crippen LogP contribution in [0.15, 0.2) is 91.5 Å². The van der Waals surface area contributed by atoms with E-state index in [-0.39, 0.29) is 11.9 Å². The largest absolute Gasteiger partial charge is 0.333 e. The average Bonchev–Trinajstić information content (AvgIpc) is 2.69. The van der Waals surface area contributed by atoms with E-state index >= 15 is 0 Å². The van der Waals surface area contributed by atoms with Gasteiger partial charge in [-0.1, -0.05) is 60.7 Å². The Morgan fingerprint density at radius 2 is 1.58 bits per heavy atom. The second-order valence-corrected chi connectivity index (χ2v) is 6.41. The molecule has 128 valence electrons. The fourth-order valence-corrected chi connectivity index (χ4v) is 3.61. The second kappa shape index (κ2) is 7.01. The van der Waals surface area contributed by atoms with Crippen molar-refractivity contribution in [1.29, 1.82) is 0 Å². The van der Waals surface area contributed by atoms with Crippen molar-refractivity contribution in [1.82, 2.24) is 0 Å². The van der Waals surface area contributed by atoms with E-state index in [1.54, 1.807) is 0 Å². The van der Waals surface area contributed by atoms with Crippen LogP contribution < -0.4 is 4.90 Å². The Morgan fingerprint density at radius 1 is 0.885 bits per heavy atom. The molecule has 1 aliphatic rings. The topological polar surface area (TPSA) is 3.24 Å². The first-order chi connectivity index (χ1) is 12.8. The summed E-state index contributed by atoms with van der Waals surface area (Å²) >= 11 is 0. The Kier molecular flexibility index (Phi) is 4.40. The zero-order chi connectivity index (χ0) is 17.9. The van der Waals surface area contributed by atoms with Gasteiger partial charge in [0.15, 0.2) is 0 Å². The molecule has 0 saturated heterocycles. The van der Waals surface area contributed by atoms with E-state index in [1.165, 1.54) is 23.3 Å². The smallest absolute Gasteiger partial charge is 0.123 e. The van der Waals surface area contributed by atoms with Crippen LogP contribution in [-0.4, -0.2) is 0 Å². The molecule has 1 unspecified atom stereocenters. The molecule has 26 heavy (non-hydrogen) atoms. The van der Waals surface area contributed by atoms with Crippen LogP contribution in [0.3, 0.4) is 0 Å². The number of rotatable bonds is 4. The van der Waals surface area contributed by atoms with Gasteiger partial charge in [-0.2, -0.15) is 0 Å². The highest BCUT2D eigenvalue weighted by Gasteiger charge is 2.29. The van der Waals surface area contributed by atoms with Crippen LogP contribution in [-0.2, 0) is 0 Å². The summed E-state index contributed by atoms with van der Waals surface area (Å²) in [6, 6.07) is 25.6. The third-order valence-corrected chi connectivity index (χ3v) is 4.78. The molecule has 1 atom stereocenters. The Labute approximate surface area is 153 Å². The van der Waals surface area contributed by atoms with Gasteiger partial charge in [0.1, 0.15) is 5.82 Å². The number of hydrogen-bond donors (Lipinski definition) is 0. The van der Waals surface area contributed by atoms with Gasteiger partial charge in [-0.25, -0.2) is 4.39 Å². The molecule has 2 heteroatoms. The van der Waals surface area contributed by atoms with Crippen molar-refractivity contribution in [3.8, 4) is 0 Å². The molecule has 0 saturated carbocycles. The maximum atomic E-state index is 13.5. The SMILES string of the molecule is C=CCC1c2ccccc2C=C(c2ccccc2)N1c1ccc(F)cc1. The predicted octanol–water partition coefficient (Wildman–Crippen LogP) is 6.46. The Bertz CT molecular complexity index is 941. The van der Waals surface area contributed by atoms with Crippen LogP contribution in [0.5, 0.6) is 0 Å². The molecule has 0 aromatic heterocycles. The summed E-state index contributed by atoms with van der Waals surface area (Å²) < 4.78 is 13.5. The van der Waals surface area contributed by atoms with Crippen molar-refractivity contribution in [3.63, 3.8) is 0 Å². The predicted molar refractivity (Wildman–Crippen MR) is 107 cm³/mol. The molecule has 1 heterocycles. The molecular formula is C24H20FN. The number of nitrogens with zero attached hydrogens (tertiary/aromatic N) is 1. The van der Waals surface area contributed by atoms with Crippen LogP contribution in [0, 0.1) is 5.82 Å². The summed E-state index contributed by atoms with van der Waals surface area (Å²) in [5.74, 6) is -0.225. The van der Waals surface area contributed by atoms with Gasteiger partial charge < -0.3 is 4.90 Å². The fourth-order valence-electron chi connectivity index (χ4n) is 3.61. The molecule has 3 aromatic carbocycles. The van der Waals surface area contributed by atoms with E-state index in [2.05, 4.69) is 54.0 Å². The second-order valence-electron chi connectivity index (χ2n) is 6.41. The molecule has 0 fully saturated rings. The average molecular weight is 341 g/mol. The van der Waals surface area contributed by atoms with Gasteiger partial charge in [-0.3, -0.25) is 0 Å². The summed E-state index contributed by atoms with van der Waals surface area (Å²) in [5, 5.41) is 0. The first kappa shape index (κ1) is 16.3. The third-order valence-electron chi connectivity index (χ3n) is 4.78. The molecule has 0 spiro atoms. The maximum Gasteiger partial charge on any atom is 0.123 e. The Balaban J connectivity index is 1.94. The number of hydrogen-bond acceptors (Lipinski definition) is 1. The van der Waals surface area contributed by atoms with Crippen LogP contribution in [0.1, 0.15) is 29.2 Å². The van der Waals surface area contributed by atoms with Crippen molar-refractivity contribution in [2.24, 2.45) is 0 Å². The van der Waals surface area contributed by atoms with E-state index in [9.17, 15) is 4.39 Å². The summed E-state index contributed by atoms with van der Waals surface area (Å²) in [4.78, 5) is 2.29. The normalized spacial score (nSPS) is 16.0. The number of fused-ring (bicyclic) bond motifs is 1. The van der Waals surface area contributed by atoms with Gasteiger partial charge in [0.25, 0.3) is 0 Å². The summed E-state index contributed by atoms with van der Waals surface area (Å²) in [6.07, 6.45) is 4.97. The highest BCUT2D eigenvalue weighted by atomic mass is 19.1. The third kappa shape index (κ3) is 2.95. The summed E-state index contributed by atoms with van der Waals surface area (Å²) in [5.41, 5.74) is 5.71. The molecule has 0 N–H and O–H groups in total. The van der Waals surface area contributed by atoms with Crippen LogP contribution in [0.2, 0.25) is 0 Å². The minimum Gasteiger partial charge on any atom is -0.333 e. The van der Waals surface area contributed by atoms with Crippen molar-refractivity contribution in [2.45, 2.75) is 12.5 Å². The van der Waals surface area contributed by atoms with Crippen LogP contribution >= 0.6 is 0 Å². The first-order valence-corrected chi connectivity index (χ1v) is 8.79. The number of anilines is 1. The van der Waals surface area contributed by atoms with Crippen molar-refractivity contribution in [3.05, 3.63) is 114 Å². The van der Waals surface area contributed by atoms with Gasteiger partial charge in [-0.15, -0.1) is 6.58 Å². The first-order valence-electron chi connectivity index (χ1n) is 8.79. The lowest BCUT2D eigenvalue weighted by atomic mass is 9.89. The maximum absolute atomic E-state index is 13.5. The van der Waals surface area contributed by atoms with E-state index in [0.717, 1.165) is 23.4 Å². The lowest BCUT2D eigenvalue weighted by molar-refractivity contribution is 0.627. The minimum atomic E-state index is -0.225. The lowest BCUT2D eigenvalue weighted by Gasteiger charge is -2.39. The van der Waals surface area contributed by atoms with Gasteiger partial charge >= 0.3 is 0 Å². The molecule has 0 aliphatic carbocycles. The van der Waals surface area contributed by atoms with Gasteiger partial charge in [0, 0.05) is 11.4 Å². The van der Waals surface area contributed by atoms with Crippen molar-refractivity contribution < 1.29 is 4.39 Å². The Hall–Kier alpha value is -3.13. The monoisotopic (exact) mass is 341 g/mol. The molecule has 1 nitrogen and oxygen atoms in total. The van der Waals surface area contributed by atoms with Gasteiger partial charge in [0.05, 0.1) is 6.04 Å². The van der Waals surface area contributed by atoms with E-state index in [4.69, 9.17) is 0 Å². The molecule has 4 rings (SSSR count). The number of halogens is 1. The molecule has 0 amide bonds. The van der Waals surface area contributed by atoms with E-state index in [1.807, 2.05) is 36.4 Å². The number of benzene rings is 3. The summed E-state index contributed by atoms with van der Waals surface area (Å²) in [6.45, 7) is 3.96. The highest BCUT2D eigenvalue weighted by Crippen LogP contribution is 2.43. The molecule has 0 radical (unpaired) electrons. The van der Waals surface area contributed by atoms with Crippen molar-refractivity contribution >= 4 is 17.5 Å². The van der Waals surface area contributed by atoms with E-state index < -0.39 is 0 Å². The van der Waals surface area contributed by atoms with Crippen LogP contribution in [0.4, 0.5) is 10.1 Å². The zero-order valence-electron chi connectivity index (χ0n) is 14.5. The Morgan fingerprint density at radius 3 is 2.31 bits per heavy atom. The van der Waals surface area contributed by atoms with E-state index in [0.29, 0.717) is 0 Å². The fraction of sp³-hybridized carbons (Fsp3) is 0.0833. The van der Waals surface area contributed by atoms with Crippen molar-refractivity contribution in [2.75, 3.05) is 4.90 Å². The zero-order valence-corrected chi connectivity index (χ0v) is 14.5. The molecule has 3 aromatic rings. The standard InChI is InChI=1S/C24H20FN/c1-2-8-23-22-12-7-6-11-19(22)17-24(18-9-4-3-5-10-18)26(23)21-15-13-20(25)14-16-21/h2-7,9-17,23H,1,8H2.